The van der Waals surface area contributed by atoms with Crippen molar-refractivity contribution in [3.05, 3.63) is 59.3 Å². The van der Waals surface area contributed by atoms with E-state index in [4.69, 9.17) is 21.5 Å². The molecule has 0 saturated carbocycles. The number of pyridine rings is 1. The third kappa shape index (κ3) is 4.24. The van der Waals surface area contributed by atoms with E-state index in [2.05, 4.69) is 10.1 Å². The van der Waals surface area contributed by atoms with Crippen molar-refractivity contribution in [2.75, 3.05) is 0 Å². The van der Waals surface area contributed by atoms with Crippen molar-refractivity contribution in [1.82, 2.24) is 4.98 Å². The lowest BCUT2D eigenvalue weighted by atomic mass is 10.1. The van der Waals surface area contributed by atoms with Gasteiger partial charge < -0.3 is 9.94 Å². The zero-order chi connectivity index (χ0) is 14.4. The molecule has 2 aromatic rings. The molecule has 0 aliphatic heterocycles. The van der Waals surface area contributed by atoms with E-state index >= 15 is 0 Å². The van der Waals surface area contributed by atoms with Gasteiger partial charge in [-0.2, -0.15) is 0 Å². The molecule has 0 bridgehead atoms. The Balaban J connectivity index is 1.92. The highest BCUT2D eigenvalue weighted by atomic mass is 35.5. The monoisotopic (exact) mass is 290 g/mol. The zero-order valence-corrected chi connectivity index (χ0v) is 11.8. The number of rotatable bonds is 5. The Kier molecular flexibility index (Phi) is 4.96. The van der Waals surface area contributed by atoms with Crippen molar-refractivity contribution < 1.29 is 9.94 Å². The van der Waals surface area contributed by atoms with Crippen LogP contribution in [0.5, 0.6) is 5.88 Å². The Morgan fingerprint density at radius 2 is 1.90 bits per heavy atom. The smallest absolute Gasteiger partial charge is 0.213 e. The standard InChI is InChI=1S/C15H15ClN2O2/c1-11-2-7-15(17-9-11)20-10-13-5-3-12(4-6-13)8-14(16)18-19/h2-7,9,19H,8,10H2,1H3/b18-14-. The van der Waals surface area contributed by atoms with Crippen molar-refractivity contribution >= 4 is 16.8 Å². The Morgan fingerprint density at radius 1 is 1.20 bits per heavy atom. The molecule has 104 valence electrons. The second kappa shape index (κ2) is 6.91. The fraction of sp³-hybridized carbons (Fsp3) is 0.200. The maximum absolute atomic E-state index is 8.51. The van der Waals surface area contributed by atoms with Crippen LogP contribution in [0.1, 0.15) is 16.7 Å². The van der Waals surface area contributed by atoms with Crippen LogP contribution in [0.25, 0.3) is 0 Å². The minimum atomic E-state index is 0.165. The van der Waals surface area contributed by atoms with Gasteiger partial charge in [-0.15, -0.1) is 0 Å². The quantitative estimate of drug-likeness (QED) is 0.520. The number of aryl methyl sites for hydroxylation is 1. The van der Waals surface area contributed by atoms with E-state index in [0.29, 0.717) is 18.9 Å². The van der Waals surface area contributed by atoms with E-state index in [9.17, 15) is 0 Å². The molecule has 20 heavy (non-hydrogen) atoms. The first kappa shape index (κ1) is 14.3. The number of nitrogens with zero attached hydrogens (tertiary/aromatic N) is 2. The fourth-order valence-corrected chi connectivity index (χ4v) is 1.81. The minimum Gasteiger partial charge on any atom is -0.473 e. The van der Waals surface area contributed by atoms with E-state index < -0.39 is 0 Å². The first-order chi connectivity index (χ1) is 9.67. The van der Waals surface area contributed by atoms with Crippen molar-refractivity contribution in [3.63, 3.8) is 0 Å². The fourth-order valence-electron chi connectivity index (χ4n) is 1.65. The highest BCUT2D eigenvalue weighted by Gasteiger charge is 2.01. The predicted octanol–water partition coefficient (Wildman–Crippen LogP) is 3.54. The van der Waals surface area contributed by atoms with E-state index in [-0.39, 0.29) is 5.17 Å². The highest BCUT2D eigenvalue weighted by Crippen LogP contribution is 2.12. The molecule has 0 radical (unpaired) electrons. The van der Waals surface area contributed by atoms with Crippen LogP contribution < -0.4 is 4.74 Å². The van der Waals surface area contributed by atoms with E-state index in [1.807, 2.05) is 43.3 Å². The summed E-state index contributed by atoms with van der Waals surface area (Å²) in [5, 5.41) is 11.6. The molecule has 1 N–H and O–H groups in total. The molecule has 0 saturated heterocycles. The molecule has 0 atom stereocenters. The summed E-state index contributed by atoms with van der Waals surface area (Å²) in [5.41, 5.74) is 3.11. The number of benzene rings is 1. The van der Waals surface area contributed by atoms with Gasteiger partial charge in [-0.1, -0.05) is 47.1 Å². The molecule has 0 spiro atoms. The van der Waals surface area contributed by atoms with Gasteiger partial charge in [0.1, 0.15) is 11.8 Å². The van der Waals surface area contributed by atoms with Gasteiger partial charge in [0.15, 0.2) is 0 Å². The topological polar surface area (TPSA) is 54.7 Å². The number of halogens is 1. The van der Waals surface area contributed by atoms with Gasteiger partial charge in [0.05, 0.1) is 0 Å². The summed E-state index contributed by atoms with van der Waals surface area (Å²) in [5.74, 6) is 0.607. The number of hydrogen-bond donors (Lipinski definition) is 1. The van der Waals surface area contributed by atoms with Crippen LogP contribution in [0.2, 0.25) is 0 Å². The summed E-state index contributed by atoms with van der Waals surface area (Å²) in [6.07, 6.45) is 2.19. The number of ether oxygens (including phenoxy) is 1. The molecule has 1 aromatic heterocycles. The molecule has 1 heterocycles. The minimum absolute atomic E-state index is 0.165. The maximum Gasteiger partial charge on any atom is 0.213 e. The normalized spacial score (nSPS) is 11.4. The summed E-state index contributed by atoms with van der Waals surface area (Å²) < 4.78 is 5.59. The van der Waals surface area contributed by atoms with Crippen molar-refractivity contribution in [3.8, 4) is 5.88 Å². The van der Waals surface area contributed by atoms with Crippen LogP contribution in [0, 0.1) is 6.92 Å². The van der Waals surface area contributed by atoms with Crippen LogP contribution >= 0.6 is 11.6 Å². The van der Waals surface area contributed by atoms with E-state index in [1.165, 1.54) is 0 Å². The van der Waals surface area contributed by atoms with Crippen molar-refractivity contribution in [2.45, 2.75) is 20.0 Å². The molecule has 5 heteroatoms. The number of hydrogen-bond acceptors (Lipinski definition) is 4. The predicted molar refractivity (Wildman–Crippen MR) is 78.5 cm³/mol. The van der Waals surface area contributed by atoms with Gasteiger partial charge in [0.25, 0.3) is 0 Å². The second-order valence-corrected chi connectivity index (χ2v) is 4.87. The molecule has 0 unspecified atom stereocenters. The summed E-state index contributed by atoms with van der Waals surface area (Å²) in [4.78, 5) is 4.18. The summed E-state index contributed by atoms with van der Waals surface area (Å²) in [6.45, 7) is 2.44. The molecule has 1 aromatic carbocycles. The molecule has 0 fully saturated rings. The van der Waals surface area contributed by atoms with Crippen LogP contribution in [0.4, 0.5) is 0 Å². The third-order valence-electron chi connectivity index (χ3n) is 2.75. The van der Waals surface area contributed by atoms with Crippen LogP contribution in [-0.2, 0) is 13.0 Å². The molecule has 2 rings (SSSR count). The van der Waals surface area contributed by atoms with Gasteiger partial charge in [0, 0.05) is 18.7 Å². The second-order valence-electron chi connectivity index (χ2n) is 4.43. The average molecular weight is 291 g/mol. The van der Waals surface area contributed by atoms with Gasteiger partial charge in [-0.25, -0.2) is 4.98 Å². The first-order valence-corrected chi connectivity index (χ1v) is 6.55. The molecular formula is C15H15ClN2O2. The zero-order valence-electron chi connectivity index (χ0n) is 11.1. The Labute approximate surface area is 122 Å². The summed E-state index contributed by atoms with van der Waals surface area (Å²) in [6, 6.07) is 11.6. The summed E-state index contributed by atoms with van der Waals surface area (Å²) in [7, 11) is 0. The van der Waals surface area contributed by atoms with Gasteiger partial charge in [-0.05, 0) is 23.6 Å². The molecule has 4 nitrogen and oxygen atoms in total. The van der Waals surface area contributed by atoms with Gasteiger partial charge in [-0.3, -0.25) is 0 Å². The first-order valence-electron chi connectivity index (χ1n) is 6.17. The molecular weight excluding hydrogens is 276 g/mol. The van der Waals surface area contributed by atoms with E-state index in [1.54, 1.807) is 6.20 Å². The Morgan fingerprint density at radius 3 is 2.50 bits per heavy atom. The van der Waals surface area contributed by atoms with E-state index in [0.717, 1.165) is 16.7 Å². The molecule has 0 aliphatic carbocycles. The lowest BCUT2D eigenvalue weighted by Gasteiger charge is -2.06. The van der Waals surface area contributed by atoms with Crippen molar-refractivity contribution in [1.29, 1.82) is 0 Å². The van der Waals surface area contributed by atoms with Gasteiger partial charge in [0.2, 0.25) is 5.88 Å². The van der Waals surface area contributed by atoms with Gasteiger partial charge >= 0.3 is 0 Å². The van der Waals surface area contributed by atoms with Crippen molar-refractivity contribution in [2.24, 2.45) is 5.16 Å². The van der Waals surface area contributed by atoms with Crippen LogP contribution in [-0.4, -0.2) is 15.4 Å². The lowest BCUT2D eigenvalue weighted by Crippen LogP contribution is -1.99. The average Bonchev–Trinajstić information content (AvgIpc) is 2.48. The number of aromatic nitrogens is 1. The number of oxime groups is 1. The van der Waals surface area contributed by atoms with Crippen LogP contribution in [0.15, 0.2) is 47.8 Å². The lowest BCUT2D eigenvalue weighted by molar-refractivity contribution is 0.294. The molecule has 0 amide bonds. The maximum atomic E-state index is 8.51. The Hall–Kier alpha value is -2.07. The SMILES string of the molecule is Cc1ccc(OCc2ccc(C/C(Cl)=N/O)cc2)nc1. The highest BCUT2D eigenvalue weighted by molar-refractivity contribution is 6.65. The molecule has 0 aliphatic rings. The summed E-state index contributed by atoms with van der Waals surface area (Å²) >= 11 is 5.66. The Bertz CT molecular complexity index is 580. The third-order valence-corrected chi connectivity index (χ3v) is 2.96. The largest absolute Gasteiger partial charge is 0.473 e. The van der Waals surface area contributed by atoms with Crippen LogP contribution in [0.3, 0.4) is 0 Å².